The summed E-state index contributed by atoms with van der Waals surface area (Å²) in [6.45, 7) is 8.44. The van der Waals surface area contributed by atoms with Gasteiger partial charge in [-0.3, -0.25) is 13.9 Å². The maximum atomic E-state index is 15.1. The molecule has 0 aliphatic heterocycles. The molecule has 4 aromatic rings. The quantitative estimate of drug-likeness (QED) is 0.192. The predicted molar refractivity (Wildman–Crippen MR) is 180 cm³/mol. The zero-order chi connectivity index (χ0) is 33.5. The molecular weight excluding hydrogens is 601 g/mol. The molecule has 0 radical (unpaired) electrons. The van der Waals surface area contributed by atoms with E-state index in [1.807, 2.05) is 77.1 Å². The second kappa shape index (κ2) is 14.7. The topological polar surface area (TPSA) is 86.8 Å². The Balaban J connectivity index is 1.85. The van der Waals surface area contributed by atoms with Crippen LogP contribution in [0.15, 0.2) is 108 Å². The molecule has 0 saturated carbocycles. The summed E-state index contributed by atoms with van der Waals surface area (Å²) in [4.78, 5) is 29.9. The van der Waals surface area contributed by atoms with Gasteiger partial charge in [-0.2, -0.15) is 0 Å². The minimum atomic E-state index is -4.24. The van der Waals surface area contributed by atoms with Crippen molar-refractivity contribution in [3.63, 3.8) is 0 Å². The lowest BCUT2D eigenvalue weighted by atomic mass is 10.0. The Morgan fingerprint density at radius 1 is 0.826 bits per heavy atom. The van der Waals surface area contributed by atoms with Gasteiger partial charge in [0, 0.05) is 24.1 Å². The summed E-state index contributed by atoms with van der Waals surface area (Å²) in [5, 5.41) is 2.98. The fourth-order valence-electron chi connectivity index (χ4n) is 5.22. The Hall–Kier alpha value is -4.50. The van der Waals surface area contributed by atoms with Gasteiger partial charge in [-0.05, 0) is 69.5 Å². The summed E-state index contributed by atoms with van der Waals surface area (Å²) in [6.07, 6.45) is 0.660. The van der Waals surface area contributed by atoms with Crippen molar-refractivity contribution in [2.75, 3.05) is 10.8 Å². The van der Waals surface area contributed by atoms with Crippen molar-refractivity contribution in [1.29, 1.82) is 0 Å². The van der Waals surface area contributed by atoms with Crippen LogP contribution in [0.4, 0.5) is 10.1 Å². The molecule has 9 heteroatoms. The monoisotopic (exact) mass is 643 g/mol. The molecular formula is C37H42FN3O4S. The van der Waals surface area contributed by atoms with E-state index in [1.165, 1.54) is 23.1 Å². The van der Waals surface area contributed by atoms with Crippen LogP contribution >= 0.6 is 0 Å². The zero-order valence-electron chi connectivity index (χ0n) is 27.0. The number of sulfonamides is 1. The largest absolute Gasteiger partial charge is 0.350 e. The second-order valence-electron chi connectivity index (χ2n) is 12.4. The number of halogens is 1. The number of nitrogens with one attached hydrogen (secondary N) is 1. The average Bonchev–Trinajstić information content (AvgIpc) is 3.02. The van der Waals surface area contributed by atoms with Crippen LogP contribution in [0.2, 0.25) is 0 Å². The number of rotatable bonds is 12. The first-order valence-corrected chi connectivity index (χ1v) is 16.8. The van der Waals surface area contributed by atoms with Gasteiger partial charge in [0.2, 0.25) is 11.8 Å². The highest BCUT2D eigenvalue weighted by Gasteiger charge is 2.36. The van der Waals surface area contributed by atoms with Crippen LogP contribution in [0.1, 0.15) is 49.9 Å². The first kappa shape index (κ1) is 34.4. The van der Waals surface area contributed by atoms with Crippen molar-refractivity contribution in [2.24, 2.45) is 0 Å². The van der Waals surface area contributed by atoms with Gasteiger partial charge in [-0.15, -0.1) is 0 Å². The molecule has 0 heterocycles. The van der Waals surface area contributed by atoms with E-state index in [2.05, 4.69) is 5.32 Å². The normalized spacial score (nSPS) is 12.3. The molecule has 4 rings (SSSR count). The van der Waals surface area contributed by atoms with E-state index < -0.39 is 45.8 Å². The number of benzene rings is 4. The third-order valence-electron chi connectivity index (χ3n) is 7.60. The molecule has 0 saturated heterocycles. The Bertz CT molecular complexity index is 1750. The van der Waals surface area contributed by atoms with Crippen LogP contribution in [0.5, 0.6) is 0 Å². The molecule has 0 fully saturated rings. The van der Waals surface area contributed by atoms with Crippen molar-refractivity contribution in [2.45, 2.75) is 70.5 Å². The summed E-state index contributed by atoms with van der Waals surface area (Å²) in [7, 11) is -4.24. The lowest BCUT2D eigenvalue weighted by molar-refractivity contribution is -0.140. The highest BCUT2D eigenvalue weighted by Crippen LogP contribution is 2.29. The number of nitrogens with zero attached hydrogens (tertiary/aromatic N) is 2. The first-order chi connectivity index (χ1) is 21.8. The molecule has 0 bridgehead atoms. The molecule has 1 atom stereocenters. The van der Waals surface area contributed by atoms with Gasteiger partial charge >= 0.3 is 0 Å². The zero-order valence-corrected chi connectivity index (χ0v) is 27.9. The fraction of sp³-hybridized carbons (Fsp3) is 0.297. The fourth-order valence-corrected chi connectivity index (χ4v) is 6.67. The number of carbonyl (C=O) groups excluding carboxylic acids is 2. The van der Waals surface area contributed by atoms with Gasteiger partial charge in [0.15, 0.2) is 0 Å². The Kier molecular flexibility index (Phi) is 11.0. The van der Waals surface area contributed by atoms with Crippen molar-refractivity contribution >= 4 is 27.5 Å². The highest BCUT2D eigenvalue weighted by molar-refractivity contribution is 7.92. The number of anilines is 1. The van der Waals surface area contributed by atoms with E-state index in [4.69, 9.17) is 0 Å². The van der Waals surface area contributed by atoms with Crippen molar-refractivity contribution in [1.82, 2.24) is 10.2 Å². The van der Waals surface area contributed by atoms with Gasteiger partial charge in [0.1, 0.15) is 18.4 Å². The van der Waals surface area contributed by atoms with E-state index in [-0.39, 0.29) is 23.4 Å². The van der Waals surface area contributed by atoms with Crippen LogP contribution in [0.25, 0.3) is 0 Å². The number of para-hydroxylation sites is 1. The van der Waals surface area contributed by atoms with Crippen LogP contribution in [-0.4, -0.2) is 43.3 Å². The van der Waals surface area contributed by atoms with Crippen LogP contribution in [-0.2, 0) is 39.0 Å². The number of hydrogen-bond acceptors (Lipinski definition) is 4. The average molecular weight is 644 g/mol. The predicted octanol–water partition coefficient (Wildman–Crippen LogP) is 6.45. The van der Waals surface area contributed by atoms with E-state index in [9.17, 15) is 18.0 Å². The molecule has 242 valence electrons. The Morgan fingerprint density at radius 2 is 1.41 bits per heavy atom. The van der Waals surface area contributed by atoms with Gasteiger partial charge in [-0.25, -0.2) is 12.8 Å². The third kappa shape index (κ3) is 8.60. The standard InChI is InChI=1S/C37H42FN3O4S/c1-6-29-16-11-13-19-33(29)41(46(44,45)31-22-20-27(2)21-23-31)26-35(42)40(25-30-17-10-12-18-32(30)38)34(36(43)39-37(3,4)5)24-28-14-8-7-9-15-28/h7-23,34H,6,24-26H2,1-5H3,(H,39,43)/t34-/m0/s1. The minimum Gasteiger partial charge on any atom is -0.350 e. The highest BCUT2D eigenvalue weighted by atomic mass is 32.2. The molecule has 0 unspecified atom stereocenters. The first-order valence-electron chi connectivity index (χ1n) is 15.4. The molecule has 0 aromatic heterocycles. The van der Waals surface area contributed by atoms with Crippen molar-refractivity contribution in [3.8, 4) is 0 Å². The van der Waals surface area contributed by atoms with Gasteiger partial charge in [0.05, 0.1) is 10.6 Å². The molecule has 46 heavy (non-hydrogen) atoms. The van der Waals surface area contributed by atoms with E-state index >= 15 is 4.39 Å². The Morgan fingerprint density at radius 3 is 2.02 bits per heavy atom. The molecule has 1 N–H and O–H groups in total. The number of hydrogen-bond donors (Lipinski definition) is 1. The molecule has 7 nitrogen and oxygen atoms in total. The number of amides is 2. The van der Waals surface area contributed by atoms with Gasteiger partial charge in [-0.1, -0.05) is 91.3 Å². The molecule has 2 amide bonds. The lowest BCUT2D eigenvalue weighted by Crippen LogP contribution is -2.56. The van der Waals surface area contributed by atoms with E-state index in [1.54, 1.807) is 42.5 Å². The maximum absolute atomic E-state index is 15.1. The molecule has 0 aliphatic carbocycles. The van der Waals surface area contributed by atoms with E-state index in [0.29, 0.717) is 12.1 Å². The smallest absolute Gasteiger partial charge is 0.264 e. The molecule has 0 aliphatic rings. The summed E-state index contributed by atoms with van der Waals surface area (Å²) in [5.74, 6) is -1.60. The van der Waals surface area contributed by atoms with E-state index in [0.717, 1.165) is 21.0 Å². The number of carbonyl (C=O) groups is 2. The van der Waals surface area contributed by atoms with Crippen LogP contribution < -0.4 is 9.62 Å². The second-order valence-corrected chi connectivity index (χ2v) is 14.2. The summed E-state index contributed by atoms with van der Waals surface area (Å²) in [5.41, 5.74) is 2.36. The van der Waals surface area contributed by atoms with Crippen molar-refractivity contribution < 1.29 is 22.4 Å². The van der Waals surface area contributed by atoms with Crippen molar-refractivity contribution in [3.05, 3.63) is 131 Å². The third-order valence-corrected chi connectivity index (χ3v) is 9.37. The molecule has 4 aromatic carbocycles. The SMILES string of the molecule is CCc1ccccc1N(CC(=O)N(Cc1ccccc1F)[C@@H](Cc1ccccc1)C(=O)NC(C)(C)C)S(=O)(=O)c1ccc(C)cc1. The number of aryl methyl sites for hydroxylation is 2. The van der Waals surface area contributed by atoms with Gasteiger partial charge < -0.3 is 10.2 Å². The summed E-state index contributed by atoms with van der Waals surface area (Å²) < 4.78 is 44.8. The van der Waals surface area contributed by atoms with Gasteiger partial charge in [0.25, 0.3) is 10.0 Å². The van der Waals surface area contributed by atoms with Crippen LogP contribution in [0.3, 0.4) is 0 Å². The van der Waals surface area contributed by atoms with Crippen LogP contribution in [0, 0.1) is 12.7 Å². The minimum absolute atomic E-state index is 0.0313. The lowest BCUT2D eigenvalue weighted by Gasteiger charge is -2.35. The maximum Gasteiger partial charge on any atom is 0.264 e. The Labute approximate surface area is 272 Å². The summed E-state index contributed by atoms with van der Waals surface area (Å²) in [6, 6.07) is 27.7. The molecule has 0 spiro atoms. The summed E-state index contributed by atoms with van der Waals surface area (Å²) >= 11 is 0.